The minimum absolute atomic E-state index is 0.116. The van der Waals surface area contributed by atoms with Crippen molar-refractivity contribution in [3.05, 3.63) is 120 Å². The molecular weight excluding hydrogens is 408 g/mol. The Morgan fingerprint density at radius 1 is 0.606 bits per heavy atom. The number of allylic oxidation sites excluding steroid dienone is 4. The van der Waals surface area contributed by atoms with E-state index in [2.05, 4.69) is 72.8 Å². The second-order valence-corrected chi connectivity index (χ2v) is 8.58. The van der Waals surface area contributed by atoms with E-state index in [-0.39, 0.29) is 24.4 Å². The van der Waals surface area contributed by atoms with Crippen LogP contribution in [-0.4, -0.2) is 23.4 Å². The van der Waals surface area contributed by atoms with E-state index in [0.29, 0.717) is 0 Å². The highest BCUT2D eigenvalue weighted by molar-refractivity contribution is 5.35. The Hall–Kier alpha value is -2.72. The summed E-state index contributed by atoms with van der Waals surface area (Å²) < 4.78 is 19.6. The Kier molecular flexibility index (Phi) is 7.14. The van der Waals surface area contributed by atoms with E-state index >= 15 is 0 Å². The standard InChI is InChI=1S/C30H34O3/c1-5-19-29(20-6-2)27(32-29)25(23-15-11-9-12-16-23)31-26(24-17-13-10-14-18-24)28-30(33-28,21-7-3)22-8-4/h5-22,25-28H,1-4H3. The van der Waals surface area contributed by atoms with Gasteiger partial charge in [-0.3, -0.25) is 0 Å². The molecule has 3 nitrogen and oxygen atoms in total. The van der Waals surface area contributed by atoms with Crippen LogP contribution in [0.4, 0.5) is 0 Å². The van der Waals surface area contributed by atoms with E-state index in [1.807, 2.05) is 64.1 Å². The van der Waals surface area contributed by atoms with Crippen LogP contribution in [0.25, 0.3) is 0 Å². The lowest BCUT2D eigenvalue weighted by Gasteiger charge is -2.25. The molecule has 0 bridgehead atoms. The van der Waals surface area contributed by atoms with Crippen molar-refractivity contribution in [2.24, 2.45) is 0 Å². The smallest absolute Gasteiger partial charge is 0.134 e. The van der Waals surface area contributed by atoms with Gasteiger partial charge in [0.05, 0.1) is 0 Å². The maximum absolute atomic E-state index is 6.98. The van der Waals surface area contributed by atoms with Gasteiger partial charge < -0.3 is 14.2 Å². The van der Waals surface area contributed by atoms with Gasteiger partial charge >= 0.3 is 0 Å². The van der Waals surface area contributed by atoms with E-state index in [1.54, 1.807) is 0 Å². The zero-order chi connectivity index (χ0) is 23.3. The molecule has 2 fully saturated rings. The predicted octanol–water partition coefficient (Wildman–Crippen LogP) is 7.07. The molecule has 0 spiro atoms. The molecule has 4 atom stereocenters. The minimum Gasteiger partial charge on any atom is -0.360 e. The maximum atomic E-state index is 6.98. The lowest BCUT2D eigenvalue weighted by Crippen LogP contribution is -2.25. The van der Waals surface area contributed by atoms with Crippen LogP contribution >= 0.6 is 0 Å². The molecule has 172 valence electrons. The van der Waals surface area contributed by atoms with E-state index < -0.39 is 11.2 Å². The molecule has 0 amide bonds. The first kappa shape index (κ1) is 23.4. The third kappa shape index (κ3) is 4.81. The second-order valence-electron chi connectivity index (χ2n) is 8.58. The van der Waals surface area contributed by atoms with Crippen molar-refractivity contribution >= 4 is 0 Å². The highest BCUT2D eigenvalue weighted by atomic mass is 16.7. The Bertz CT molecular complexity index is 912. The Balaban J connectivity index is 1.72. The molecule has 4 rings (SSSR count). The fraction of sp³-hybridized carbons (Fsp3) is 0.333. The van der Waals surface area contributed by atoms with Crippen LogP contribution in [0.3, 0.4) is 0 Å². The van der Waals surface area contributed by atoms with Crippen molar-refractivity contribution in [1.29, 1.82) is 0 Å². The minimum atomic E-state index is -0.445. The van der Waals surface area contributed by atoms with Crippen LogP contribution < -0.4 is 0 Å². The quantitative estimate of drug-likeness (QED) is 0.292. The van der Waals surface area contributed by atoms with Gasteiger partial charge in [0.15, 0.2) is 0 Å². The first-order valence-electron chi connectivity index (χ1n) is 11.8. The first-order valence-corrected chi connectivity index (χ1v) is 11.8. The van der Waals surface area contributed by atoms with Gasteiger partial charge in [0.1, 0.15) is 35.6 Å². The summed E-state index contributed by atoms with van der Waals surface area (Å²) in [6.07, 6.45) is 15.9. The van der Waals surface area contributed by atoms with Gasteiger partial charge in [-0.05, 0) is 38.8 Å². The third-order valence-electron chi connectivity index (χ3n) is 6.25. The SMILES string of the molecule is CC=CC1(C=CC)OC1C(OC(c1ccccc1)C1OC1(C=CC)C=CC)c1ccccc1. The average Bonchev–Trinajstić information content (AvgIpc) is 3.72. The number of ether oxygens (including phenoxy) is 3. The molecule has 0 aromatic heterocycles. The summed E-state index contributed by atoms with van der Waals surface area (Å²) in [6, 6.07) is 20.7. The van der Waals surface area contributed by atoms with Crippen LogP contribution in [0.5, 0.6) is 0 Å². The average molecular weight is 443 g/mol. The van der Waals surface area contributed by atoms with Gasteiger partial charge in [-0.25, -0.2) is 0 Å². The summed E-state index contributed by atoms with van der Waals surface area (Å²) in [5, 5.41) is 0. The molecule has 2 aliphatic rings. The second kappa shape index (κ2) is 10.0. The largest absolute Gasteiger partial charge is 0.360 e. The molecule has 2 saturated heterocycles. The fourth-order valence-corrected chi connectivity index (χ4v) is 4.75. The van der Waals surface area contributed by atoms with Crippen molar-refractivity contribution in [2.75, 3.05) is 0 Å². The van der Waals surface area contributed by atoms with Crippen LogP contribution in [0, 0.1) is 0 Å². The highest BCUT2D eigenvalue weighted by Gasteiger charge is 2.61. The van der Waals surface area contributed by atoms with Gasteiger partial charge in [0, 0.05) is 0 Å². The van der Waals surface area contributed by atoms with E-state index in [1.165, 1.54) is 0 Å². The number of epoxide rings is 2. The lowest BCUT2D eigenvalue weighted by atomic mass is 9.93. The third-order valence-corrected chi connectivity index (χ3v) is 6.25. The fourth-order valence-electron chi connectivity index (χ4n) is 4.75. The van der Waals surface area contributed by atoms with Gasteiger partial charge in [0.2, 0.25) is 0 Å². The molecular formula is C30H34O3. The molecule has 2 aliphatic heterocycles. The molecule has 0 aliphatic carbocycles. The maximum Gasteiger partial charge on any atom is 0.134 e. The summed E-state index contributed by atoms with van der Waals surface area (Å²) in [4.78, 5) is 0. The first-order chi connectivity index (χ1) is 16.1. The zero-order valence-corrected chi connectivity index (χ0v) is 19.9. The van der Waals surface area contributed by atoms with Crippen LogP contribution in [0.15, 0.2) is 109 Å². The van der Waals surface area contributed by atoms with E-state index in [0.717, 1.165) is 11.1 Å². The zero-order valence-electron chi connectivity index (χ0n) is 19.9. The molecule has 4 unspecified atom stereocenters. The molecule has 0 saturated carbocycles. The molecule has 2 aromatic carbocycles. The predicted molar refractivity (Wildman–Crippen MR) is 134 cm³/mol. The van der Waals surface area contributed by atoms with Crippen molar-refractivity contribution in [1.82, 2.24) is 0 Å². The van der Waals surface area contributed by atoms with Crippen LogP contribution in [-0.2, 0) is 14.2 Å². The number of rotatable bonds is 10. The monoisotopic (exact) mass is 442 g/mol. The molecule has 2 heterocycles. The molecule has 3 heteroatoms. The molecule has 2 aromatic rings. The normalized spacial score (nSPS) is 31.0. The summed E-state index contributed by atoms with van der Waals surface area (Å²) in [6.45, 7) is 8.09. The number of hydrogen-bond acceptors (Lipinski definition) is 3. The Morgan fingerprint density at radius 2 is 0.939 bits per heavy atom. The lowest BCUT2D eigenvalue weighted by molar-refractivity contribution is -0.0421. The topological polar surface area (TPSA) is 34.3 Å². The summed E-state index contributed by atoms with van der Waals surface area (Å²) in [7, 11) is 0. The van der Waals surface area contributed by atoms with Gasteiger partial charge in [-0.1, -0.05) is 109 Å². The van der Waals surface area contributed by atoms with Crippen molar-refractivity contribution in [3.63, 3.8) is 0 Å². The number of hydrogen-bond donors (Lipinski definition) is 0. The van der Waals surface area contributed by atoms with E-state index in [4.69, 9.17) is 14.2 Å². The Labute approximate surface area is 198 Å². The summed E-state index contributed by atoms with van der Waals surface area (Å²) in [5.41, 5.74) is 1.31. The molecule has 0 radical (unpaired) electrons. The molecule has 0 N–H and O–H groups in total. The summed E-state index contributed by atoms with van der Waals surface area (Å²) in [5.74, 6) is 0. The highest BCUT2D eigenvalue weighted by Crippen LogP contribution is 2.54. The van der Waals surface area contributed by atoms with Crippen LogP contribution in [0.2, 0.25) is 0 Å². The van der Waals surface area contributed by atoms with Crippen LogP contribution in [0.1, 0.15) is 51.0 Å². The van der Waals surface area contributed by atoms with Gasteiger partial charge in [-0.15, -0.1) is 0 Å². The number of benzene rings is 2. The van der Waals surface area contributed by atoms with Gasteiger partial charge in [-0.2, -0.15) is 0 Å². The van der Waals surface area contributed by atoms with Crippen molar-refractivity contribution in [3.8, 4) is 0 Å². The Morgan fingerprint density at radius 3 is 1.24 bits per heavy atom. The van der Waals surface area contributed by atoms with Crippen molar-refractivity contribution in [2.45, 2.75) is 63.3 Å². The van der Waals surface area contributed by atoms with E-state index in [9.17, 15) is 0 Å². The summed E-state index contributed by atoms with van der Waals surface area (Å²) >= 11 is 0. The molecule has 33 heavy (non-hydrogen) atoms. The van der Waals surface area contributed by atoms with Gasteiger partial charge in [0.25, 0.3) is 0 Å². The van der Waals surface area contributed by atoms with Crippen molar-refractivity contribution < 1.29 is 14.2 Å².